The molecule has 0 aliphatic rings. The second-order valence-corrected chi connectivity index (χ2v) is 4.83. The van der Waals surface area contributed by atoms with Gasteiger partial charge in [-0.1, -0.05) is 0 Å². The van der Waals surface area contributed by atoms with E-state index >= 15 is 0 Å². The van der Waals surface area contributed by atoms with Crippen LogP contribution < -0.4 is 10.6 Å². The Bertz CT molecular complexity index is 519. The summed E-state index contributed by atoms with van der Waals surface area (Å²) >= 11 is 0. The van der Waals surface area contributed by atoms with E-state index in [9.17, 15) is 19.2 Å². The first kappa shape index (κ1) is 19.4. The summed E-state index contributed by atoms with van der Waals surface area (Å²) in [4.78, 5) is 44.6. The average molecular weight is 312 g/mol. The molecule has 2 atom stereocenters. The molecule has 0 saturated carbocycles. The number of carboxylic acid groups (broad SMARTS) is 1. The van der Waals surface area contributed by atoms with Crippen molar-refractivity contribution >= 4 is 23.8 Å². The standard InChI is InChI=1S/C14H20N2O6/c1-9(17)15-11(12(19)20)7-5-6-8-14(3,13(21)22-4)16-10(2)18/h11H,7-8H2,1-4H3,(H,15,17)(H,16,18)(H,19,20)/t11-,14-/m1/s1. The number of hydrogen-bond donors (Lipinski definition) is 3. The molecule has 0 aliphatic heterocycles. The molecule has 0 bridgehead atoms. The molecule has 0 aromatic rings. The number of hydrogen-bond acceptors (Lipinski definition) is 5. The van der Waals surface area contributed by atoms with Crippen LogP contribution in [0, 0.1) is 11.8 Å². The van der Waals surface area contributed by atoms with Crippen molar-refractivity contribution in [3.8, 4) is 11.8 Å². The van der Waals surface area contributed by atoms with Crippen LogP contribution in [0.15, 0.2) is 0 Å². The highest BCUT2D eigenvalue weighted by atomic mass is 16.5. The van der Waals surface area contributed by atoms with Crippen molar-refractivity contribution in [1.82, 2.24) is 10.6 Å². The Kier molecular flexibility index (Phi) is 7.66. The van der Waals surface area contributed by atoms with Crippen LogP contribution in [0.3, 0.4) is 0 Å². The van der Waals surface area contributed by atoms with Crippen LogP contribution in [0.4, 0.5) is 0 Å². The largest absolute Gasteiger partial charge is 0.480 e. The van der Waals surface area contributed by atoms with E-state index in [1.165, 1.54) is 27.9 Å². The van der Waals surface area contributed by atoms with Gasteiger partial charge in [0.25, 0.3) is 0 Å². The van der Waals surface area contributed by atoms with Crippen LogP contribution in [-0.4, -0.2) is 47.6 Å². The van der Waals surface area contributed by atoms with Crippen molar-refractivity contribution < 1.29 is 29.0 Å². The summed E-state index contributed by atoms with van der Waals surface area (Å²) < 4.78 is 4.61. The first-order valence-corrected chi connectivity index (χ1v) is 6.45. The molecular weight excluding hydrogens is 292 g/mol. The zero-order valence-corrected chi connectivity index (χ0v) is 13.0. The highest BCUT2D eigenvalue weighted by molar-refractivity contribution is 5.87. The third-order valence-electron chi connectivity index (χ3n) is 2.64. The summed E-state index contributed by atoms with van der Waals surface area (Å²) in [7, 11) is 1.19. The summed E-state index contributed by atoms with van der Waals surface area (Å²) in [5.74, 6) is 2.44. The highest BCUT2D eigenvalue weighted by Crippen LogP contribution is 2.11. The van der Waals surface area contributed by atoms with Crippen molar-refractivity contribution in [2.45, 2.75) is 45.2 Å². The second-order valence-electron chi connectivity index (χ2n) is 4.83. The zero-order chi connectivity index (χ0) is 17.3. The minimum absolute atomic E-state index is 0.0499. The monoisotopic (exact) mass is 312 g/mol. The molecule has 22 heavy (non-hydrogen) atoms. The van der Waals surface area contributed by atoms with Crippen molar-refractivity contribution in [3.05, 3.63) is 0 Å². The third-order valence-corrected chi connectivity index (χ3v) is 2.64. The molecule has 0 heterocycles. The molecule has 0 saturated heterocycles. The minimum atomic E-state index is -1.32. The summed E-state index contributed by atoms with van der Waals surface area (Å²) in [5.41, 5.74) is -1.32. The van der Waals surface area contributed by atoms with Crippen LogP contribution >= 0.6 is 0 Å². The van der Waals surface area contributed by atoms with Crippen molar-refractivity contribution in [2.75, 3.05) is 7.11 Å². The highest BCUT2D eigenvalue weighted by Gasteiger charge is 2.34. The fraction of sp³-hybridized carbons (Fsp3) is 0.571. The molecule has 0 aromatic carbocycles. The lowest BCUT2D eigenvalue weighted by Gasteiger charge is -2.25. The van der Waals surface area contributed by atoms with E-state index < -0.39 is 35.3 Å². The van der Waals surface area contributed by atoms with Gasteiger partial charge in [-0.05, 0) is 6.92 Å². The second kappa shape index (κ2) is 8.67. The molecule has 0 aromatic heterocycles. The number of carbonyl (C=O) groups excluding carboxylic acids is 3. The summed E-state index contributed by atoms with van der Waals surface area (Å²) in [5, 5.41) is 13.6. The predicted molar refractivity (Wildman–Crippen MR) is 76.5 cm³/mol. The molecular formula is C14H20N2O6. The zero-order valence-electron chi connectivity index (χ0n) is 13.0. The number of nitrogens with one attached hydrogen (secondary N) is 2. The fourth-order valence-corrected chi connectivity index (χ4v) is 1.64. The number of esters is 1. The molecule has 8 nitrogen and oxygen atoms in total. The number of carboxylic acids is 1. The minimum Gasteiger partial charge on any atom is -0.480 e. The van der Waals surface area contributed by atoms with Gasteiger partial charge < -0.3 is 20.5 Å². The van der Waals surface area contributed by atoms with Gasteiger partial charge >= 0.3 is 11.9 Å². The molecule has 0 unspecified atom stereocenters. The Morgan fingerprint density at radius 1 is 1.18 bits per heavy atom. The number of methoxy groups -OCH3 is 1. The number of aliphatic carboxylic acids is 1. The topological polar surface area (TPSA) is 122 Å². The quantitative estimate of drug-likeness (QED) is 0.446. The number of rotatable bonds is 6. The Hall–Kier alpha value is -2.56. The molecule has 0 radical (unpaired) electrons. The lowest BCUT2D eigenvalue weighted by molar-refractivity contribution is -0.149. The number of ether oxygens (including phenoxy) is 1. The maximum Gasteiger partial charge on any atom is 0.332 e. The molecule has 0 aliphatic carbocycles. The summed E-state index contributed by atoms with van der Waals surface area (Å²) in [6, 6.07) is -1.13. The van der Waals surface area contributed by atoms with E-state index in [4.69, 9.17) is 5.11 Å². The van der Waals surface area contributed by atoms with E-state index in [0.717, 1.165) is 0 Å². The molecule has 122 valence electrons. The van der Waals surface area contributed by atoms with Gasteiger partial charge in [-0.3, -0.25) is 9.59 Å². The van der Waals surface area contributed by atoms with Gasteiger partial charge in [0.15, 0.2) is 0 Å². The normalized spacial score (nSPS) is 13.6. The number of carbonyl (C=O) groups is 4. The summed E-state index contributed by atoms with van der Waals surface area (Å²) in [6.45, 7) is 3.91. The average Bonchev–Trinajstić information content (AvgIpc) is 2.39. The van der Waals surface area contributed by atoms with Gasteiger partial charge in [0, 0.05) is 26.7 Å². The van der Waals surface area contributed by atoms with E-state index in [2.05, 4.69) is 27.2 Å². The lowest BCUT2D eigenvalue weighted by Crippen LogP contribution is -2.51. The Balaban J connectivity index is 4.86. The van der Waals surface area contributed by atoms with Crippen LogP contribution in [-0.2, 0) is 23.9 Å². The van der Waals surface area contributed by atoms with Gasteiger partial charge in [-0.25, -0.2) is 9.59 Å². The maximum absolute atomic E-state index is 11.7. The molecule has 3 N–H and O–H groups in total. The van der Waals surface area contributed by atoms with Gasteiger partial charge in [-0.15, -0.1) is 11.8 Å². The SMILES string of the molecule is COC(=O)[C@@](C)(CC#CC[C@@H](NC(C)=O)C(=O)O)NC(C)=O. The predicted octanol–water partition coefficient (Wildman–Crippen LogP) is -0.573. The Labute approximate surface area is 128 Å². The Morgan fingerprint density at radius 3 is 2.18 bits per heavy atom. The van der Waals surface area contributed by atoms with Gasteiger partial charge in [0.1, 0.15) is 11.6 Å². The van der Waals surface area contributed by atoms with Crippen LogP contribution in [0.2, 0.25) is 0 Å². The van der Waals surface area contributed by atoms with Gasteiger partial charge in [0.2, 0.25) is 11.8 Å². The van der Waals surface area contributed by atoms with E-state index in [-0.39, 0.29) is 12.8 Å². The molecule has 0 rings (SSSR count). The van der Waals surface area contributed by atoms with Crippen LogP contribution in [0.1, 0.15) is 33.6 Å². The van der Waals surface area contributed by atoms with Crippen LogP contribution in [0.25, 0.3) is 0 Å². The molecule has 2 amide bonds. The fourth-order valence-electron chi connectivity index (χ4n) is 1.64. The molecule has 0 spiro atoms. The van der Waals surface area contributed by atoms with Crippen LogP contribution in [0.5, 0.6) is 0 Å². The van der Waals surface area contributed by atoms with Crippen molar-refractivity contribution in [2.24, 2.45) is 0 Å². The maximum atomic E-state index is 11.7. The third kappa shape index (κ3) is 6.74. The van der Waals surface area contributed by atoms with Crippen molar-refractivity contribution in [3.63, 3.8) is 0 Å². The molecule has 0 fully saturated rings. The lowest BCUT2D eigenvalue weighted by atomic mass is 9.98. The summed E-state index contributed by atoms with van der Waals surface area (Å²) in [6.07, 6.45) is -0.169. The smallest absolute Gasteiger partial charge is 0.332 e. The van der Waals surface area contributed by atoms with E-state index in [1.807, 2.05) is 0 Å². The first-order valence-electron chi connectivity index (χ1n) is 6.45. The van der Waals surface area contributed by atoms with Crippen molar-refractivity contribution in [1.29, 1.82) is 0 Å². The van der Waals surface area contributed by atoms with E-state index in [0.29, 0.717) is 0 Å². The first-order chi connectivity index (χ1) is 10.1. The number of amides is 2. The van der Waals surface area contributed by atoms with E-state index in [1.54, 1.807) is 0 Å². The van der Waals surface area contributed by atoms with Gasteiger partial charge in [0.05, 0.1) is 7.11 Å². The van der Waals surface area contributed by atoms with Gasteiger partial charge in [-0.2, -0.15) is 0 Å². The Morgan fingerprint density at radius 2 is 1.77 bits per heavy atom. The molecule has 8 heteroatoms.